The lowest BCUT2D eigenvalue weighted by molar-refractivity contribution is -0.122. The van der Waals surface area contributed by atoms with E-state index in [-0.39, 0.29) is 36.8 Å². The fourth-order valence-corrected chi connectivity index (χ4v) is 1.56. The van der Waals surface area contributed by atoms with Gasteiger partial charge in [-0.1, -0.05) is 6.07 Å². The highest BCUT2D eigenvalue weighted by Crippen LogP contribution is 2.11. The number of hydrogen-bond acceptors (Lipinski definition) is 4. The number of nitrogens with zero attached hydrogens (tertiary/aromatic N) is 3. The van der Waals surface area contributed by atoms with Gasteiger partial charge in [-0.25, -0.2) is 0 Å². The molecule has 0 aromatic carbocycles. The lowest BCUT2D eigenvalue weighted by Gasteiger charge is -2.13. The molecule has 0 aliphatic rings. The Kier molecular flexibility index (Phi) is 6.75. The van der Waals surface area contributed by atoms with E-state index in [1.807, 2.05) is 35.7 Å². The van der Waals surface area contributed by atoms with Crippen LogP contribution in [0.2, 0.25) is 0 Å². The van der Waals surface area contributed by atoms with Gasteiger partial charge in [-0.2, -0.15) is 0 Å². The molecule has 3 N–H and O–H groups in total. The van der Waals surface area contributed by atoms with Gasteiger partial charge in [-0.3, -0.25) is 9.20 Å². The minimum Gasteiger partial charge on any atom is -0.345 e. The van der Waals surface area contributed by atoms with E-state index in [1.165, 1.54) is 0 Å². The summed E-state index contributed by atoms with van der Waals surface area (Å²) in [4.78, 5) is 11.5. The summed E-state index contributed by atoms with van der Waals surface area (Å²) in [6, 6.07) is 4.87. The molecule has 0 saturated heterocycles. The van der Waals surface area contributed by atoms with Crippen LogP contribution in [0.4, 0.5) is 0 Å². The SMILES string of the molecule is CC(NC(=O)[C@H](C)N)c1nnc2ccccn12.Cl.Cl. The second-order valence-electron chi connectivity index (χ2n) is 4.01. The normalized spacial score (nSPS) is 13.0. The van der Waals surface area contributed by atoms with Gasteiger partial charge in [0.2, 0.25) is 5.91 Å². The number of fused-ring (bicyclic) bond motifs is 1. The molecule has 2 heterocycles. The average molecular weight is 306 g/mol. The zero-order valence-corrected chi connectivity index (χ0v) is 12.2. The van der Waals surface area contributed by atoms with Crippen molar-refractivity contribution < 1.29 is 4.79 Å². The van der Waals surface area contributed by atoms with Gasteiger partial charge >= 0.3 is 0 Å². The Morgan fingerprint density at radius 1 is 1.32 bits per heavy atom. The first-order valence-corrected chi connectivity index (χ1v) is 5.45. The van der Waals surface area contributed by atoms with Crippen LogP contribution in [0.5, 0.6) is 0 Å². The van der Waals surface area contributed by atoms with Gasteiger partial charge in [0.15, 0.2) is 11.5 Å². The van der Waals surface area contributed by atoms with Crippen molar-refractivity contribution in [1.82, 2.24) is 19.9 Å². The van der Waals surface area contributed by atoms with Crippen LogP contribution in [0.3, 0.4) is 0 Å². The molecule has 1 unspecified atom stereocenters. The first-order chi connectivity index (χ1) is 8.09. The molecule has 0 radical (unpaired) electrons. The van der Waals surface area contributed by atoms with Crippen molar-refractivity contribution in [1.29, 1.82) is 0 Å². The van der Waals surface area contributed by atoms with Gasteiger partial charge in [0.25, 0.3) is 0 Å². The van der Waals surface area contributed by atoms with Crippen LogP contribution < -0.4 is 11.1 Å². The van der Waals surface area contributed by atoms with Crippen LogP contribution in [0.25, 0.3) is 5.65 Å². The quantitative estimate of drug-likeness (QED) is 0.889. The van der Waals surface area contributed by atoms with Gasteiger partial charge < -0.3 is 11.1 Å². The fourth-order valence-electron chi connectivity index (χ4n) is 1.56. The number of halogens is 2. The minimum atomic E-state index is -0.531. The van der Waals surface area contributed by atoms with Crippen molar-refractivity contribution in [2.45, 2.75) is 25.9 Å². The molecule has 106 valence electrons. The van der Waals surface area contributed by atoms with E-state index < -0.39 is 6.04 Å². The molecule has 8 heteroatoms. The molecule has 6 nitrogen and oxygen atoms in total. The molecule has 0 spiro atoms. The predicted molar refractivity (Wildman–Crippen MR) is 77.7 cm³/mol. The van der Waals surface area contributed by atoms with E-state index in [0.29, 0.717) is 5.82 Å². The van der Waals surface area contributed by atoms with Gasteiger partial charge in [0.05, 0.1) is 12.1 Å². The van der Waals surface area contributed by atoms with Crippen LogP contribution in [-0.2, 0) is 4.79 Å². The molecular formula is C11H17Cl2N5O. The third-order valence-electron chi connectivity index (χ3n) is 2.50. The molecule has 0 aliphatic heterocycles. The molecule has 2 atom stereocenters. The third kappa shape index (κ3) is 3.79. The number of carbonyl (C=O) groups excluding carboxylic acids is 1. The first kappa shape index (κ1) is 17.6. The monoisotopic (exact) mass is 305 g/mol. The Labute approximate surface area is 123 Å². The van der Waals surface area contributed by atoms with Crippen molar-refractivity contribution >= 4 is 36.4 Å². The van der Waals surface area contributed by atoms with Crippen LogP contribution in [0.1, 0.15) is 25.7 Å². The molecule has 0 fully saturated rings. The Hall–Kier alpha value is -1.37. The zero-order valence-electron chi connectivity index (χ0n) is 10.6. The highest BCUT2D eigenvalue weighted by molar-refractivity contribution is 5.85. The summed E-state index contributed by atoms with van der Waals surface area (Å²) < 4.78 is 1.84. The van der Waals surface area contributed by atoms with Crippen LogP contribution >= 0.6 is 24.8 Å². The van der Waals surface area contributed by atoms with Crippen molar-refractivity contribution in [3.05, 3.63) is 30.2 Å². The highest BCUT2D eigenvalue weighted by atomic mass is 35.5. The molecule has 1 amide bonds. The Bertz CT molecular complexity index is 543. The molecule has 0 aliphatic carbocycles. The molecule has 2 aromatic rings. The number of nitrogens with two attached hydrogens (primary N) is 1. The minimum absolute atomic E-state index is 0. The number of nitrogens with one attached hydrogen (secondary N) is 1. The summed E-state index contributed by atoms with van der Waals surface area (Å²) in [5.74, 6) is 0.486. The maximum Gasteiger partial charge on any atom is 0.237 e. The number of pyridine rings is 1. The summed E-state index contributed by atoms with van der Waals surface area (Å²) in [5.41, 5.74) is 6.25. The van der Waals surface area contributed by atoms with E-state index in [2.05, 4.69) is 15.5 Å². The van der Waals surface area contributed by atoms with Crippen LogP contribution in [0, 0.1) is 0 Å². The second kappa shape index (κ2) is 7.28. The molecule has 19 heavy (non-hydrogen) atoms. The van der Waals surface area contributed by atoms with Crippen LogP contribution in [-0.4, -0.2) is 26.5 Å². The molecule has 2 rings (SSSR count). The Balaban J connectivity index is 0.00000162. The smallest absolute Gasteiger partial charge is 0.237 e. The van der Waals surface area contributed by atoms with Crippen molar-refractivity contribution in [2.24, 2.45) is 5.73 Å². The van der Waals surface area contributed by atoms with E-state index in [1.54, 1.807) is 6.92 Å². The van der Waals surface area contributed by atoms with Gasteiger partial charge in [-0.05, 0) is 26.0 Å². The number of hydrogen-bond donors (Lipinski definition) is 2. The first-order valence-electron chi connectivity index (χ1n) is 5.45. The molecule has 2 aromatic heterocycles. The summed E-state index contributed by atoms with van der Waals surface area (Å²) in [6.07, 6.45) is 1.86. The van der Waals surface area contributed by atoms with Gasteiger partial charge in [-0.15, -0.1) is 35.0 Å². The predicted octanol–water partition coefficient (Wildman–Crippen LogP) is 1.10. The third-order valence-corrected chi connectivity index (χ3v) is 2.50. The van der Waals surface area contributed by atoms with E-state index >= 15 is 0 Å². The van der Waals surface area contributed by atoms with Crippen LogP contribution in [0.15, 0.2) is 24.4 Å². The molecule has 0 saturated carbocycles. The highest BCUT2D eigenvalue weighted by Gasteiger charge is 2.17. The zero-order chi connectivity index (χ0) is 12.4. The summed E-state index contributed by atoms with van der Waals surface area (Å²) >= 11 is 0. The summed E-state index contributed by atoms with van der Waals surface area (Å²) in [6.45, 7) is 3.49. The van der Waals surface area contributed by atoms with Crippen molar-refractivity contribution in [3.63, 3.8) is 0 Å². The second-order valence-corrected chi connectivity index (χ2v) is 4.01. The Morgan fingerprint density at radius 2 is 2.00 bits per heavy atom. The summed E-state index contributed by atoms with van der Waals surface area (Å²) in [5, 5.41) is 10.9. The van der Waals surface area contributed by atoms with E-state index in [0.717, 1.165) is 5.65 Å². The number of carbonyl (C=O) groups is 1. The standard InChI is InChI=1S/C11H15N5O.2ClH/c1-7(12)11(17)13-8(2)10-15-14-9-5-3-4-6-16(9)10;;/h3-8H,12H2,1-2H3,(H,13,17);2*1H/t7-,8?;;/m0../s1. The van der Waals surface area contributed by atoms with E-state index in [4.69, 9.17) is 5.73 Å². The maximum absolute atomic E-state index is 11.5. The van der Waals surface area contributed by atoms with Gasteiger partial charge in [0.1, 0.15) is 0 Å². The Morgan fingerprint density at radius 3 is 2.63 bits per heavy atom. The number of rotatable bonds is 3. The van der Waals surface area contributed by atoms with Gasteiger partial charge in [0, 0.05) is 6.20 Å². The lowest BCUT2D eigenvalue weighted by Crippen LogP contribution is -2.39. The topological polar surface area (TPSA) is 85.3 Å². The number of amides is 1. The molecule has 0 bridgehead atoms. The van der Waals surface area contributed by atoms with Crippen molar-refractivity contribution in [2.75, 3.05) is 0 Å². The number of aromatic nitrogens is 3. The molecular weight excluding hydrogens is 289 g/mol. The van der Waals surface area contributed by atoms with Crippen molar-refractivity contribution in [3.8, 4) is 0 Å². The van der Waals surface area contributed by atoms with E-state index in [9.17, 15) is 4.79 Å². The average Bonchev–Trinajstić information content (AvgIpc) is 2.72. The maximum atomic E-state index is 11.5. The largest absolute Gasteiger partial charge is 0.345 e. The fraction of sp³-hybridized carbons (Fsp3) is 0.364. The lowest BCUT2D eigenvalue weighted by atomic mass is 10.2. The summed E-state index contributed by atoms with van der Waals surface area (Å²) in [7, 11) is 0.